The quantitative estimate of drug-likeness (QED) is 0.657. The van der Waals surface area contributed by atoms with Crippen LogP contribution in [0, 0.1) is 17.2 Å². The third-order valence-corrected chi connectivity index (χ3v) is 6.16. The number of amides is 1. The molecule has 0 aliphatic carbocycles. The van der Waals surface area contributed by atoms with E-state index in [1.807, 2.05) is 23.1 Å². The lowest BCUT2D eigenvalue weighted by Crippen LogP contribution is -2.37. The van der Waals surface area contributed by atoms with Crippen LogP contribution in [0.4, 0.5) is 11.4 Å². The fraction of sp³-hybridized carbons (Fsp3) is 0.458. The maximum atomic E-state index is 12.7. The number of nitrogens with zero attached hydrogens (tertiary/aromatic N) is 4. The van der Waals surface area contributed by atoms with Crippen LogP contribution in [-0.4, -0.2) is 68.7 Å². The second-order valence-electron chi connectivity index (χ2n) is 8.31. The van der Waals surface area contributed by atoms with Crippen molar-refractivity contribution in [2.45, 2.75) is 18.9 Å². The topological polar surface area (TPSA) is 106 Å². The van der Waals surface area contributed by atoms with Crippen molar-refractivity contribution in [1.29, 1.82) is 5.26 Å². The molecule has 0 bridgehead atoms. The van der Waals surface area contributed by atoms with Gasteiger partial charge in [0.2, 0.25) is 11.8 Å². The van der Waals surface area contributed by atoms with E-state index in [1.165, 1.54) is 12.2 Å². The van der Waals surface area contributed by atoms with Crippen molar-refractivity contribution in [3.8, 4) is 23.4 Å². The van der Waals surface area contributed by atoms with Crippen molar-refractivity contribution in [3.05, 3.63) is 36.0 Å². The first-order valence-electron chi connectivity index (χ1n) is 11.3. The lowest BCUT2D eigenvalue weighted by molar-refractivity contribution is -0.176. The standard InChI is InChI=1S/C24H26N4O6/c1-30-23-17(12-25)10-18(13-26-23)27-6-9-32-22-3-2-19(11-21(22)27)34-20-14-28(33-15-20)24(29)16-4-7-31-8-5-16/h2-3,10-11,13,16,20H,4-9,14-15H2,1H3/t20-/m1/s1. The van der Waals surface area contributed by atoms with E-state index in [9.17, 15) is 10.1 Å². The summed E-state index contributed by atoms with van der Waals surface area (Å²) in [7, 11) is 1.49. The molecule has 0 radical (unpaired) electrons. The zero-order valence-electron chi connectivity index (χ0n) is 18.9. The number of aromatic nitrogens is 1. The smallest absolute Gasteiger partial charge is 0.249 e. The van der Waals surface area contributed by atoms with Crippen molar-refractivity contribution in [1.82, 2.24) is 10.0 Å². The molecule has 4 heterocycles. The van der Waals surface area contributed by atoms with E-state index in [0.717, 1.165) is 24.2 Å². The van der Waals surface area contributed by atoms with Crippen LogP contribution >= 0.6 is 0 Å². The number of carbonyl (C=O) groups excluding carboxylic acids is 1. The van der Waals surface area contributed by atoms with E-state index in [2.05, 4.69) is 11.1 Å². The van der Waals surface area contributed by atoms with E-state index < -0.39 is 0 Å². The van der Waals surface area contributed by atoms with Gasteiger partial charge in [-0.05, 0) is 31.0 Å². The molecule has 178 valence electrons. The number of methoxy groups -OCH3 is 1. The first-order chi connectivity index (χ1) is 16.7. The van der Waals surface area contributed by atoms with Gasteiger partial charge in [0.15, 0.2) is 0 Å². The molecule has 1 amide bonds. The summed E-state index contributed by atoms with van der Waals surface area (Å²) >= 11 is 0. The molecule has 3 aliphatic heterocycles. The molecule has 0 unspecified atom stereocenters. The Morgan fingerprint density at radius 2 is 2.09 bits per heavy atom. The van der Waals surface area contributed by atoms with Crippen LogP contribution in [0.3, 0.4) is 0 Å². The van der Waals surface area contributed by atoms with Crippen LogP contribution in [0.2, 0.25) is 0 Å². The number of hydroxylamine groups is 2. The fourth-order valence-electron chi connectivity index (χ4n) is 4.40. The van der Waals surface area contributed by atoms with Crippen LogP contribution in [0.15, 0.2) is 30.5 Å². The van der Waals surface area contributed by atoms with E-state index in [-0.39, 0.29) is 23.8 Å². The summed E-state index contributed by atoms with van der Waals surface area (Å²) in [5.74, 6) is 1.59. The van der Waals surface area contributed by atoms with Gasteiger partial charge in [-0.3, -0.25) is 9.63 Å². The van der Waals surface area contributed by atoms with Crippen molar-refractivity contribution < 1.29 is 28.6 Å². The number of fused-ring (bicyclic) bond motifs is 1. The van der Waals surface area contributed by atoms with Gasteiger partial charge < -0.3 is 23.8 Å². The monoisotopic (exact) mass is 466 g/mol. The van der Waals surface area contributed by atoms with Crippen molar-refractivity contribution >= 4 is 17.3 Å². The number of nitriles is 1. The maximum Gasteiger partial charge on any atom is 0.249 e. The molecule has 2 fully saturated rings. The largest absolute Gasteiger partial charge is 0.490 e. The summed E-state index contributed by atoms with van der Waals surface area (Å²) in [6.45, 7) is 2.99. The lowest BCUT2D eigenvalue weighted by Gasteiger charge is -2.31. The summed E-state index contributed by atoms with van der Waals surface area (Å²) in [4.78, 5) is 24.6. The van der Waals surface area contributed by atoms with Gasteiger partial charge in [0, 0.05) is 25.2 Å². The number of pyridine rings is 1. The highest BCUT2D eigenvalue weighted by molar-refractivity contribution is 5.78. The summed E-state index contributed by atoms with van der Waals surface area (Å²) in [5.41, 5.74) is 1.93. The number of carbonyl (C=O) groups is 1. The van der Waals surface area contributed by atoms with Crippen LogP contribution in [0.5, 0.6) is 17.4 Å². The molecular weight excluding hydrogens is 440 g/mol. The Hall–Kier alpha value is -3.55. The number of benzene rings is 1. The first-order valence-corrected chi connectivity index (χ1v) is 11.3. The zero-order valence-corrected chi connectivity index (χ0v) is 18.9. The lowest BCUT2D eigenvalue weighted by atomic mass is 9.99. The molecule has 34 heavy (non-hydrogen) atoms. The minimum absolute atomic E-state index is 0.000260. The van der Waals surface area contributed by atoms with Crippen molar-refractivity contribution in [2.75, 3.05) is 51.5 Å². The molecule has 0 spiro atoms. The minimum Gasteiger partial charge on any atom is -0.490 e. The van der Waals surface area contributed by atoms with Gasteiger partial charge in [0.25, 0.3) is 0 Å². The van der Waals surface area contributed by atoms with Crippen LogP contribution < -0.4 is 19.1 Å². The molecule has 2 saturated heterocycles. The predicted molar refractivity (Wildman–Crippen MR) is 120 cm³/mol. The van der Waals surface area contributed by atoms with E-state index in [1.54, 1.807) is 12.3 Å². The van der Waals surface area contributed by atoms with Crippen molar-refractivity contribution in [3.63, 3.8) is 0 Å². The maximum absolute atomic E-state index is 12.7. The summed E-state index contributed by atoms with van der Waals surface area (Å²) in [6, 6.07) is 9.48. The predicted octanol–water partition coefficient (Wildman–Crippen LogP) is 2.44. The average molecular weight is 466 g/mol. The minimum atomic E-state index is -0.271. The first kappa shape index (κ1) is 22.3. The molecule has 1 aromatic carbocycles. The van der Waals surface area contributed by atoms with Crippen LogP contribution in [-0.2, 0) is 14.4 Å². The fourth-order valence-corrected chi connectivity index (χ4v) is 4.40. The third kappa shape index (κ3) is 4.44. The number of ether oxygens (including phenoxy) is 4. The Morgan fingerprint density at radius 3 is 2.88 bits per heavy atom. The third-order valence-electron chi connectivity index (χ3n) is 6.16. The Morgan fingerprint density at radius 1 is 1.24 bits per heavy atom. The molecule has 10 nitrogen and oxygen atoms in total. The van der Waals surface area contributed by atoms with E-state index >= 15 is 0 Å². The van der Waals surface area contributed by atoms with E-state index in [4.69, 9.17) is 23.8 Å². The van der Waals surface area contributed by atoms with Crippen LogP contribution in [0.1, 0.15) is 18.4 Å². The molecule has 0 N–H and O–H groups in total. The second-order valence-corrected chi connectivity index (χ2v) is 8.31. The van der Waals surface area contributed by atoms with Gasteiger partial charge in [-0.1, -0.05) is 0 Å². The molecule has 0 saturated carbocycles. The number of anilines is 2. The highest BCUT2D eigenvalue weighted by atomic mass is 16.7. The highest BCUT2D eigenvalue weighted by Crippen LogP contribution is 2.40. The van der Waals surface area contributed by atoms with E-state index in [0.29, 0.717) is 56.6 Å². The summed E-state index contributed by atoms with van der Waals surface area (Å²) in [5, 5.41) is 10.9. The molecule has 5 rings (SSSR count). The molecule has 3 aliphatic rings. The molecule has 2 aromatic rings. The number of hydrogen-bond donors (Lipinski definition) is 0. The van der Waals surface area contributed by atoms with Gasteiger partial charge in [-0.2, -0.15) is 5.26 Å². The summed E-state index contributed by atoms with van der Waals surface area (Å²) in [6.07, 6.45) is 2.84. The van der Waals surface area contributed by atoms with Crippen LogP contribution in [0.25, 0.3) is 0 Å². The molecule has 1 aromatic heterocycles. The summed E-state index contributed by atoms with van der Waals surface area (Å²) < 4.78 is 22.5. The van der Waals surface area contributed by atoms with Crippen molar-refractivity contribution in [2.24, 2.45) is 5.92 Å². The van der Waals surface area contributed by atoms with Gasteiger partial charge >= 0.3 is 0 Å². The second kappa shape index (κ2) is 9.75. The highest BCUT2D eigenvalue weighted by Gasteiger charge is 2.34. The van der Waals surface area contributed by atoms with Gasteiger partial charge in [-0.25, -0.2) is 10.0 Å². The number of rotatable bonds is 5. The zero-order chi connectivity index (χ0) is 23.5. The Kier molecular flexibility index (Phi) is 6.38. The molecule has 10 heteroatoms. The number of hydrogen-bond acceptors (Lipinski definition) is 9. The SMILES string of the molecule is COc1ncc(N2CCOc3ccc(O[C@H]4CON(C(=O)C5CCOCC5)C4)cc32)cc1C#N. The van der Waals surface area contributed by atoms with Gasteiger partial charge in [0.05, 0.1) is 37.8 Å². The Balaban J connectivity index is 1.30. The normalized spacial score (nSPS) is 20.3. The Labute approximate surface area is 197 Å². The average Bonchev–Trinajstić information content (AvgIpc) is 3.36. The Bertz CT molecular complexity index is 1100. The van der Waals surface area contributed by atoms with Gasteiger partial charge in [0.1, 0.15) is 42.4 Å². The molecule has 1 atom stereocenters. The molecular formula is C24H26N4O6. The van der Waals surface area contributed by atoms with Gasteiger partial charge in [-0.15, -0.1) is 0 Å².